The van der Waals surface area contributed by atoms with E-state index in [0.29, 0.717) is 16.5 Å². The summed E-state index contributed by atoms with van der Waals surface area (Å²) in [5.74, 6) is 0. The molecule has 0 unspecified atom stereocenters. The Labute approximate surface area is 139 Å². The highest BCUT2D eigenvalue weighted by atomic mass is 35.5. The first-order chi connectivity index (χ1) is 10.4. The van der Waals surface area contributed by atoms with Crippen molar-refractivity contribution in [2.45, 2.75) is 11.3 Å². The van der Waals surface area contributed by atoms with Gasteiger partial charge >= 0.3 is 0 Å². The average molecular weight is 355 g/mol. The van der Waals surface area contributed by atoms with Gasteiger partial charge in [0, 0.05) is 16.6 Å². The van der Waals surface area contributed by atoms with Crippen LogP contribution >= 0.6 is 23.2 Å². The van der Waals surface area contributed by atoms with Gasteiger partial charge in [-0.05, 0) is 36.2 Å². The molecule has 0 aliphatic heterocycles. The number of hydrogen-bond acceptors (Lipinski definition) is 3. The zero-order chi connectivity index (χ0) is 16.2. The summed E-state index contributed by atoms with van der Waals surface area (Å²) in [6.45, 7) is 0.170. The average Bonchev–Trinajstić information content (AvgIpc) is 2.49. The summed E-state index contributed by atoms with van der Waals surface area (Å²) in [4.78, 5) is -0.0281. The van der Waals surface area contributed by atoms with Gasteiger partial charge in [-0.1, -0.05) is 41.4 Å². The Morgan fingerprint density at radius 3 is 2.55 bits per heavy atom. The number of hydrogen-bond donors (Lipinski definition) is 1. The molecule has 0 aliphatic carbocycles. The van der Waals surface area contributed by atoms with Crippen molar-refractivity contribution in [1.29, 1.82) is 5.26 Å². The predicted octanol–water partition coefficient (Wildman–Crippen LogP) is 3.39. The molecule has 0 atom stereocenters. The Kier molecular flexibility index (Phi) is 5.43. The Balaban J connectivity index is 2.09. The van der Waals surface area contributed by atoms with Crippen LogP contribution in [0.5, 0.6) is 0 Å². The van der Waals surface area contributed by atoms with Crippen molar-refractivity contribution >= 4 is 33.2 Å². The molecular formula is C15H12Cl2N2O2S. The summed E-state index contributed by atoms with van der Waals surface area (Å²) in [6, 6.07) is 13.0. The predicted molar refractivity (Wildman–Crippen MR) is 86.5 cm³/mol. The first-order valence-electron chi connectivity index (χ1n) is 6.37. The second kappa shape index (κ2) is 7.12. The number of benzene rings is 2. The summed E-state index contributed by atoms with van der Waals surface area (Å²) in [6.07, 6.45) is 0.421. The molecule has 2 aromatic carbocycles. The number of nitrogens with one attached hydrogen (secondary N) is 1. The van der Waals surface area contributed by atoms with Crippen molar-refractivity contribution in [2.24, 2.45) is 0 Å². The third-order valence-corrected chi connectivity index (χ3v) is 5.10. The second-order valence-corrected chi connectivity index (χ2v) is 7.07. The summed E-state index contributed by atoms with van der Waals surface area (Å²) in [5.41, 5.74) is 0.905. The van der Waals surface area contributed by atoms with Gasteiger partial charge in [0.05, 0.1) is 10.5 Å². The van der Waals surface area contributed by atoms with E-state index in [2.05, 4.69) is 4.72 Å². The number of nitriles is 1. The lowest BCUT2D eigenvalue weighted by Gasteiger charge is -2.09. The SMILES string of the molecule is N#Cc1ccccc1S(=O)(=O)NCCc1ccc(Cl)cc1Cl. The highest BCUT2D eigenvalue weighted by Gasteiger charge is 2.17. The molecule has 2 rings (SSSR count). The fourth-order valence-corrected chi connectivity index (χ4v) is 3.61. The van der Waals surface area contributed by atoms with Gasteiger partial charge in [-0.15, -0.1) is 0 Å². The smallest absolute Gasteiger partial charge is 0.211 e. The minimum absolute atomic E-state index is 0.0281. The van der Waals surface area contributed by atoms with Gasteiger partial charge in [0.2, 0.25) is 10.0 Å². The monoisotopic (exact) mass is 354 g/mol. The molecule has 1 N–H and O–H groups in total. The van der Waals surface area contributed by atoms with Crippen LogP contribution in [0.1, 0.15) is 11.1 Å². The lowest BCUT2D eigenvalue weighted by Crippen LogP contribution is -2.26. The molecule has 0 saturated heterocycles. The molecule has 22 heavy (non-hydrogen) atoms. The highest BCUT2D eigenvalue weighted by Crippen LogP contribution is 2.21. The van der Waals surface area contributed by atoms with E-state index < -0.39 is 10.0 Å². The van der Waals surface area contributed by atoms with Gasteiger partial charge in [-0.2, -0.15) is 5.26 Å². The van der Waals surface area contributed by atoms with Crippen molar-refractivity contribution in [3.05, 3.63) is 63.6 Å². The van der Waals surface area contributed by atoms with Crippen molar-refractivity contribution < 1.29 is 8.42 Å². The fraction of sp³-hybridized carbons (Fsp3) is 0.133. The fourth-order valence-electron chi connectivity index (χ4n) is 1.92. The van der Waals surface area contributed by atoms with E-state index in [9.17, 15) is 8.42 Å². The van der Waals surface area contributed by atoms with Gasteiger partial charge in [-0.3, -0.25) is 0 Å². The van der Waals surface area contributed by atoms with Crippen molar-refractivity contribution in [3.63, 3.8) is 0 Å². The Morgan fingerprint density at radius 2 is 1.86 bits per heavy atom. The number of nitrogens with zero attached hydrogens (tertiary/aromatic N) is 1. The Hall–Kier alpha value is -1.58. The van der Waals surface area contributed by atoms with Crippen LogP contribution in [0.2, 0.25) is 10.0 Å². The van der Waals surface area contributed by atoms with E-state index in [1.807, 2.05) is 6.07 Å². The molecule has 0 spiro atoms. The third-order valence-electron chi connectivity index (χ3n) is 3.00. The molecule has 0 aliphatic rings. The number of sulfonamides is 1. The zero-order valence-electron chi connectivity index (χ0n) is 11.4. The lowest BCUT2D eigenvalue weighted by atomic mass is 10.1. The van der Waals surface area contributed by atoms with E-state index in [1.54, 1.807) is 30.3 Å². The molecule has 0 amide bonds. The molecule has 0 bridgehead atoms. The van der Waals surface area contributed by atoms with Crippen molar-refractivity contribution in [1.82, 2.24) is 4.72 Å². The summed E-state index contributed by atoms with van der Waals surface area (Å²) >= 11 is 11.8. The van der Waals surface area contributed by atoms with Crippen LogP contribution in [0.15, 0.2) is 47.4 Å². The lowest BCUT2D eigenvalue weighted by molar-refractivity contribution is 0.581. The quantitative estimate of drug-likeness (QED) is 0.894. The van der Waals surface area contributed by atoms with Gasteiger partial charge < -0.3 is 0 Å². The zero-order valence-corrected chi connectivity index (χ0v) is 13.7. The van der Waals surface area contributed by atoms with E-state index in [4.69, 9.17) is 28.5 Å². The van der Waals surface area contributed by atoms with Crippen LogP contribution in [0.25, 0.3) is 0 Å². The summed E-state index contributed by atoms with van der Waals surface area (Å²) in [7, 11) is -3.74. The Bertz CT molecular complexity index is 830. The topological polar surface area (TPSA) is 70.0 Å². The van der Waals surface area contributed by atoms with E-state index >= 15 is 0 Å². The molecule has 0 radical (unpaired) electrons. The third kappa shape index (κ3) is 3.99. The normalized spacial score (nSPS) is 11.1. The molecule has 2 aromatic rings. The summed E-state index contributed by atoms with van der Waals surface area (Å²) in [5, 5.41) is 9.99. The molecule has 4 nitrogen and oxygen atoms in total. The minimum Gasteiger partial charge on any atom is -0.211 e. The molecule has 0 aromatic heterocycles. The highest BCUT2D eigenvalue weighted by molar-refractivity contribution is 7.89. The molecule has 114 valence electrons. The minimum atomic E-state index is -3.74. The molecule has 0 fully saturated rings. The van der Waals surface area contributed by atoms with E-state index in [0.717, 1.165) is 5.56 Å². The van der Waals surface area contributed by atoms with Crippen molar-refractivity contribution in [3.8, 4) is 6.07 Å². The van der Waals surface area contributed by atoms with Crippen LogP contribution in [-0.2, 0) is 16.4 Å². The van der Waals surface area contributed by atoms with Gasteiger partial charge in [0.25, 0.3) is 0 Å². The van der Waals surface area contributed by atoms with Crippen molar-refractivity contribution in [2.75, 3.05) is 6.54 Å². The maximum absolute atomic E-state index is 12.2. The Morgan fingerprint density at radius 1 is 1.14 bits per heavy atom. The largest absolute Gasteiger partial charge is 0.241 e. The molecule has 0 heterocycles. The second-order valence-electron chi connectivity index (χ2n) is 4.49. The van der Waals surface area contributed by atoms with E-state index in [1.165, 1.54) is 12.1 Å². The molecule has 0 saturated carbocycles. The molecular weight excluding hydrogens is 343 g/mol. The maximum Gasteiger partial charge on any atom is 0.241 e. The number of halogens is 2. The van der Waals surface area contributed by atoms with E-state index in [-0.39, 0.29) is 17.0 Å². The van der Waals surface area contributed by atoms with Crippen LogP contribution in [-0.4, -0.2) is 15.0 Å². The van der Waals surface area contributed by atoms with Crippen LogP contribution < -0.4 is 4.72 Å². The van der Waals surface area contributed by atoms with Gasteiger partial charge in [0.15, 0.2) is 0 Å². The van der Waals surface area contributed by atoms with Crippen LogP contribution in [0.3, 0.4) is 0 Å². The first-order valence-corrected chi connectivity index (χ1v) is 8.60. The number of rotatable bonds is 5. The van der Waals surface area contributed by atoms with Gasteiger partial charge in [-0.25, -0.2) is 13.1 Å². The van der Waals surface area contributed by atoms with Crippen LogP contribution in [0.4, 0.5) is 0 Å². The first kappa shape index (κ1) is 16.8. The standard InChI is InChI=1S/C15H12Cl2N2O2S/c16-13-6-5-11(14(17)9-13)7-8-19-22(20,21)15-4-2-1-3-12(15)10-18/h1-6,9,19H,7-8H2. The summed E-state index contributed by atoms with van der Waals surface area (Å²) < 4.78 is 26.9. The van der Waals surface area contributed by atoms with Crippen LogP contribution in [0, 0.1) is 11.3 Å². The maximum atomic E-state index is 12.2. The van der Waals surface area contributed by atoms with Gasteiger partial charge in [0.1, 0.15) is 6.07 Å². The molecule has 7 heteroatoms.